The summed E-state index contributed by atoms with van der Waals surface area (Å²) in [6, 6.07) is 29.8. The monoisotopic (exact) mass is 401 g/mol. The van der Waals surface area contributed by atoms with E-state index in [1.54, 1.807) is 0 Å². The molecule has 1 nitrogen and oxygen atoms in total. The van der Waals surface area contributed by atoms with Crippen LogP contribution >= 0.6 is 7.92 Å². The average Bonchev–Trinajstić information content (AvgIpc) is 2.78. The molecule has 0 unspecified atom stereocenters. The maximum atomic E-state index is 4.04. The van der Waals surface area contributed by atoms with Gasteiger partial charge in [-0.05, 0) is 43.4 Å². The molecule has 0 bridgehead atoms. The van der Waals surface area contributed by atoms with Gasteiger partial charge in [-0.3, -0.25) is 0 Å². The van der Waals surface area contributed by atoms with Crippen LogP contribution in [0.15, 0.2) is 78.9 Å². The molecule has 150 valence electrons. The fourth-order valence-corrected chi connectivity index (χ4v) is 6.91. The van der Waals surface area contributed by atoms with Crippen molar-refractivity contribution < 1.29 is 0 Å². The number of anilines is 1. The summed E-state index contributed by atoms with van der Waals surface area (Å²) in [5.74, 6) is 0. The van der Waals surface area contributed by atoms with Gasteiger partial charge in [-0.15, -0.1) is 0 Å². The van der Waals surface area contributed by atoms with Crippen molar-refractivity contribution in [1.82, 2.24) is 0 Å². The van der Waals surface area contributed by atoms with Gasteiger partial charge in [0.25, 0.3) is 0 Å². The fraction of sp³-hybridized carbons (Fsp3) is 0.333. The molecule has 3 aromatic rings. The van der Waals surface area contributed by atoms with Gasteiger partial charge < -0.3 is 5.32 Å². The first-order valence-corrected chi connectivity index (χ1v) is 12.5. The Morgan fingerprint density at radius 1 is 0.759 bits per heavy atom. The highest BCUT2D eigenvalue weighted by Gasteiger charge is 2.23. The second kappa shape index (κ2) is 10.1. The maximum absolute atomic E-state index is 4.04. The van der Waals surface area contributed by atoms with Crippen molar-refractivity contribution in [3.8, 4) is 0 Å². The lowest BCUT2D eigenvalue weighted by molar-refractivity contribution is 0.462. The average molecular weight is 402 g/mol. The molecular formula is C27H32NP. The first-order valence-electron chi connectivity index (χ1n) is 11.2. The fourth-order valence-electron chi connectivity index (χ4n) is 4.45. The van der Waals surface area contributed by atoms with Gasteiger partial charge in [0.15, 0.2) is 0 Å². The molecule has 0 amide bonds. The highest BCUT2D eigenvalue weighted by atomic mass is 31.1. The predicted octanol–water partition coefficient (Wildman–Crippen LogP) is 6.14. The highest BCUT2D eigenvalue weighted by molar-refractivity contribution is 7.80. The van der Waals surface area contributed by atoms with Crippen molar-refractivity contribution in [1.29, 1.82) is 0 Å². The van der Waals surface area contributed by atoms with E-state index in [-0.39, 0.29) is 0 Å². The second-order valence-corrected chi connectivity index (χ2v) is 10.2. The van der Waals surface area contributed by atoms with Crippen molar-refractivity contribution in [2.24, 2.45) is 0 Å². The van der Waals surface area contributed by atoms with Crippen molar-refractivity contribution in [3.63, 3.8) is 0 Å². The van der Waals surface area contributed by atoms with Crippen LogP contribution in [0.1, 0.15) is 51.0 Å². The molecule has 29 heavy (non-hydrogen) atoms. The van der Waals surface area contributed by atoms with Crippen molar-refractivity contribution in [2.75, 3.05) is 5.32 Å². The van der Waals surface area contributed by atoms with Crippen molar-refractivity contribution in [3.05, 3.63) is 84.4 Å². The third-order valence-electron chi connectivity index (χ3n) is 5.87. The molecule has 4 rings (SSSR count). The molecule has 0 heterocycles. The number of rotatable bonds is 7. The zero-order valence-electron chi connectivity index (χ0n) is 17.5. The van der Waals surface area contributed by atoms with E-state index in [1.165, 1.54) is 65.7 Å². The lowest BCUT2D eigenvalue weighted by atomic mass is 9.95. The number of aryl methyl sites for hydroxylation is 1. The van der Waals surface area contributed by atoms with Crippen molar-refractivity contribution in [2.45, 2.75) is 57.9 Å². The quantitative estimate of drug-likeness (QED) is 0.469. The Balaban J connectivity index is 1.82. The van der Waals surface area contributed by atoms with E-state index in [0.717, 1.165) is 6.42 Å². The van der Waals surface area contributed by atoms with Crippen LogP contribution in [0, 0.1) is 0 Å². The molecule has 1 aliphatic carbocycles. The summed E-state index contributed by atoms with van der Waals surface area (Å²) in [4.78, 5) is 0. The van der Waals surface area contributed by atoms with Gasteiger partial charge in [-0.2, -0.15) is 0 Å². The Hall–Kier alpha value is -2.11. The van der Waals surface area contributed by atoms with Gasteiger partial charge in [0, 0.05) is 17.0 Å². The molecule has 0 atom stereocenters. The maximum Gasteiger partial charge on any atom is 0.0459 e. The van der Waals surface area contributed by atoms with Gasteiger partial charge in [0.05, 0.1) is 0 Å². The van der Waals surface area contributed by atoms with Crippen LogP contribution in [0.2, 0.25) is 0 Å². The molecule has 0 saturated heterocycles. The molecule has 1 N–H and O–H groups in total. The Bertz CT molecular complexity index is 845. The van der Waals surface area contributed by atoms with Crippen LogP contribution in [0.5, 0.6) is 0 Å². The lowest BCUT2D eigenvalue weighted by Crippen LogP contribution is -2.29. The van der Waals surface area contributed by atoms with Gasteiger partial charge in [-0.25, -0.2) is 0 Å². The SMILES string of the molecule is CCCc1cccc(P(c2ccccc2)c2ccccc2)c1NC1CCCCC1. The predicted molar refractivity (Wildman–Crippen MR) is 130 cm³/mol. The third kappa shape index (κ3) is 4.90. The molecule has 1 aliphatic rings. The zero-order chi connectivity index (χ0) is 19.9. The largest absolute Gasteiger partial charge is 0.382 e. The summed E-state index contributed by atoms with van der Waals surface area (Å²) in [6.45, 7) is 2.29. The summed E-state index contributed by atoms with van der Waals surface area (Å²) >= 11 is 0. The minimum absolute atomic E-state index is 0.583. The Kier molecular flexibility index (Phi) is 7.01. The van der Waals surface area contributed by atoms with E-state index in [0.29, 0.717) is 6.04 Å². The normalized spacial score (nSPS) is 14.8. The number of para-hydroxylation sites is 1. The van der Waals surface area contributed by atoms with E-state index in [9.17, 15) is 0 Å². The molecule has 3 aromatic carbocycles. The van der Waals surface area contributed by atoms with E-state index in [1.807, 2.05) is 0 Å². The van der Waals surface area contributed by atoms with Gasteiger partial charge in [-0.1, -0.05) is 111 Å². The first-order chi connectivity index (χ1) is 14.4. The van der Waals surface area contributed by atoms with E-state index in [2.05, 4.69) is 91.1 Å². The number of nitrogens with one attached hydrogen (secondary N) is 1. The topological polar surface area (TPSA) is 12.0 Å². The second-order valence-electron chi connectivity index (χ2n) is 8.05. The van der Waals surface area contributed by atoms with E-state index < -0.39 is 7.92 Å². The summed E-state index contributed by atoms with van der Waals surface area (Å²) in [5, 5.41) is 8.37. The van der Waals surface area contributed by atoms with Crippen molar-refractivity contribution >= 4 is 29.5 Å². The Morgan fingerprint density at radius 3 is 1.97 bits per heavy atom. The molecule has 0 spiro atoms. The minimum Gasteiger partial charge on any atom is -0.382 e. The highest BCUT2D eigenvalue weighted by Crippen LogP contribution is 2.38. The summed E-state index contributed by atoms with van der Waals surface area (Å²) in [6.07, 6.45) is 9.02. The Labute approximate surface area is 177 Å². The first kappa shape index (κ1) is 20.2. The molecule has 2 heteroatoms. The minimum atomic E-state index is -0.583. The third-order valence-corrected chi connectivity index (χ3v) is 8.35. The molecule has 0 radical (unpaired) electrons. The van der Waals surface area contributed by atoms with Gasteiger partial charge in [0.2, 0.25) is 0 Å². The van der Waals surface area contributed by atoms with Crippen LogP contribution in [0.4, 0.5) is 5.69 Å². The molecule has 0 aliphatic heterocycles. The van der Waals surface area contributed by atoms with E-state index in [4.69, 9.17) is 0 Å². The van der Waals surface area contributed by atoms with Crippen LogP contribution in [0.3, 0.4) is 0 Å². The number of benzene rings is 3. The Morgan fingerprint density at radius 2 is 1.38 bits per heavy atom. The summed E-state index contributed by atoms with van der Waals surface area (Å²) in [5.41, 5.74) is 2.90. The zero-order valence-corrected chi connectivity index (χ0v) is 18.4. The number of hydrogen-bond donors (Lipinski definition) is 1. The lowest BCUT2D eigenvalue weighted by Gasteiger charge is -2.29. The smallest absolute Gasteiger partial charge is 0.0459 e. The molecule has 0 aromatic heterocycles. The van der Waals surface area contributed by atoms with Crippen LogP contribution in [0.25, 0.3) is 0 Å². The van der Waals surface area contributed by atoms with Gasteiger partial charge >= 0.3 is 0 Å². The summed E-state index contributed by atoms with van der Waals surface area (Å²) < 4.78 is 0. The van der Waals surface area contributed by atoms with Crippen LogP contribution < -0.4 is 21.2 Å². The molecule has 1 fully saturated rings. The standard InChI is InChI=1S/C27H32NP/c1-2-13-22-14-12-21-26(27(22)28-23-15-6-3-7-16-23)29(24-17-8-4-9-18-24)25-19-10-5-11-20-25/h4-5,8-12,14,17-21,23,28H,2-3,6-7,13,15-16H2,1H3. The summed E-state index contributed by atoms with van der Waals surface area (Å²) in [7, 11) is -0.583. The van der Waals surface area contributed by atoms with Gasteiger partial charge in [0.1, 0.15) is 0 Å². The molecule has 1 saturated carbocycles. The van der Waals surface area contributed by atoms with Crippen LogP contribution in [-0.4, -0.2) is 6.04 Å². The van der Waals surface area contributed by atoms with Crippen LogP contribution in [-0.2, 0) is 6.42 Å². The van der Waals surface area contributed by atoms with E-state index >= 15 is 0 Å². The molecular weight excluding hydrogens is 369 g/mol. The number of hydrogen-bond acceptors (Lipinski definition) is 1.